The van der Waals surface area contributed by atoms with Gasteiger partial charge in [0.1, 0.15) is 11.2 Å². The van der Waals surface area contributed by atoms with Crippen LogP contribution in [0, 0.1) is 0 Å². The highest BCUT2D eigenvalue weighted by Crippen LogP contribution is 2.64. The first-order valence-corrected chi connectivity index (χ1v) is 19.0. The van der Waals surface area contributed by atoms with E-state index in [9.17, 15) is 0 Å². The van der Waals surface area contributed by atoms with Crippen molar-refractivity contribution in [2.45, 2.75) is 5.41 Å². The summed E-state index contributed by atoms with van der Waals surface area (Å²) in [6.45, 7) is 0. The van der Waals surface area contributed by atoms with Crippen LogP contribution in [0.25, 0.3) is 66.1 Å². The Bertz CT molecular complexity index is 3050. The molecule has 9 aromatic carbocycles. The Hall–Kier alpha value is -7.16. The number of anilines is 3. The first-order valence-electron chi connectivity index (χ1n) is 19.0. The van der Waals surface area contributed by atoms with Crippen molar-refractivity contribution in [3.05, 3.63) is 222 Å². The predicted molar refractivity (Wildman–Crippen MR) is 228 cm³/mol. The van der Waals surface area contributed by atoms with Gasteiger partial charge in [-0.15, -0.1) is 0 Å². The summed E-state index contributed by atoms with van der Waals surface area (Å²) < 4.78 is 6.92. The molecule has 2 nitrogen and oxygen atoms in total. The molecule has 55 heavy (non-hydrogen) atoms. The summed E-state index contributed by atoms with van der Waals surface area (Å²) in [5, 5.41) is 4.49. The molecule has 12 rings (SSSR count). The molecule has 0 amide bonds. The normalized spacial score (nSPS) is 13.2. The molecule has 0 unspecified atom stereocenters. The summed E-state index contributed by atoms with van der Waals surface area (Å²) >= 11 is 0. The zero-order chi connectivity index (χ0) is 36.1. The topological polar surface area (TPSA) is 16.4 Å². The van der Waals surface area contributed by atoms with Crippen LogP contribution in [-0.4, -0.2) is 0 Å². The van der Waals surface area contributed by atoms with E-state index in [1.165, 1.54) is 61.0 Å². The molecule has 0 atom stereocenters. The average Bonchev–Trinajstić information content (AvgIpc) is 3.89. The van der Waals surface area contributed by atoms with E-state index in [1.807, 2.05) is 0 Å². The number of furan rings is 1. The van der Waals surface area contributed by atoms with E-state index >= 15 is 0 Å². The maximum Gasteiger partial charge on any atom is 0.143 e. The van der Waals surface area contributed by atoms with Gasteiger partial charge in [-0.1, -0.05) is 158 Å². The number of nitrogens with zero attached hydrogens (tertiary/aromatic N) is 1. The Balaban J connectivity index is 1.21. The molecule has 256 valence electrons. The number of benzene rings is 9. The van der Waals surface area contributed by atoms with Crippen molar-refractivity contribution < 1.29 is 4.42 Å². The molecule has 0 N–H and O–H groups in total. The van der Waals surface area contributed by atoms with Crippen LogP contribution in [-0.2, 0) is 5.41 Å². The van der Waals surface area contributed by atoms with Gasteiger partial charge in [0.25, 0.3) is 0 Å². The molecular weight excluding hydrogens is 667 g/mol. The van der Waals surface area contributed by atoms with Crippen LogP contribution in [0.3, 0.4) is 0 Å². The van der Waals surface area contributed by atoms with Gasteiger partial charge in [0.05, 0.1) is 16.5 Å². The van der Waals surface area contributed by atoms with Crippen molar-refractivity contribution in [1.82, 2.24) is 0 Å². The number of para-hydroxylation sites is 2. The number of fused-ring (bicyclic) bond motifs is 15. The zero-order valence-electron chi connectivity index (χ0n) is 29.9. The Morgan fingerprint density at radius 3 is 1.45 bits per heavy atom. The average molecular weight is 700 g/mol. The van der Waals surface area contributed by atoms with Gasteiger partial charge in [-0.3, -0.25) is 0 Å². The van der Waals surface area contributed by atoms with E-state index in [2.05, 4.69) is 205 Å². The second-order valence-electron chi connectivity index (χ2n) is 14.7. The van der Waals surface area contributed by atoms with Crippen molar-refractivity contribution in [1.29, 1.82) is 0 Å². The summed E-state index contributed by atoms with van der Waals surface area (Å²) in [6.07, 6.45) is 0. The summed E-state index contributed by atoms with van der Waals surface area (Å²) in [5.74, 6) is 0. The second kappa shape index (κ2) is 11.4. The lowest BCUT2D eigenvalue weighted by molar-refractivity contribution is 0.672. The summed E-state index contributed by atoms with van der Waals surface area (Å²) in [5.41, 5.74) is 17.6. The van der Waals surface area contributed by atoms with Gasteiger partial charge in [0, 0.05) is 22.1 Å². The maximum atomic E-state index is 6.92. The predicted octanol–water partition coefficient (Wildman–Crippen LogP) is 14.2. The van der Waals surface area contributed by atoms with Crippen LogP contribution in [0.1, 0.15) is 22.3 Å². The molecule has 2 aliphatic rings. The van der Waals surface area contributed by atoms with Crippen molar-refractivity contribution >= 4 is 49.8 Å². The Labute approximate surface area is 319 Å². The lowest BCUT2D eigenvalue weighted by atomic mass is 9.68. The fourth-order valence-corrected chi connectivity index (χ4v) is 10.00. The van der Waals surface area contributed by atoms with E-state index in [0.717, 1.165) is 44.4 Å². The van der Waals surface area contributed by atoms with Gasteiger partial charge in [-0.25, -0.2) is 0 Å². The van der Waals surface area contributed by atoms with E-state index in [-0.39, 0.29) is 0 Å². The van der Waals surface area contributed by atoms with Gasteiger partial charge in [-0.2, -0.15) is 0 Å². The van der Waals surface area contributed by atoms with Gasteiger partial charge < -0.3 is 9.32 Å². The second-order valence-corrected chi connectivity index (χ2v) is 14.7. The summed E-state index contributed by atoms with van der Waals surface area (Å²) in [4.78, 5) is 2.35. The van der Waals surface area contributed by atoms with Crippen LogP contribution < -0.4 is 4.90 Å². The molecule has 0 aliphatic heterocycles. The quantitative estimate of drug-likeness (QED) is 0.182. The Morgan fingerprint density at radius 2 is 0.836 bits per heavy atom. The first kappa shape index (κ1) is 30.3. The molecule has 0 saturated carbocycles. The van der Waals surface area contributed by atoms with E-state index in [1.54, 1.807) is 0 Å². The van der Waals surface area contributed by atoms with Gasteiger partial charge in [-0.05, 0) is 103 Å². The number of rotatable bonds is 4. The van der Waals surface area contributed by atoms with Crippen LogP contribution in [0.2, 0.25) is 0 Å². The third-order valence-electron chi connectivity index (χ3n) is 12.1. The molecule has 10 aromatic rings. The smallest absolute Gasteiger partial charge is 0.143 e. The molecule has 0 radical (unpaired) electrons. The summed E-state index contributed by atoms with van der Waals surface area (Å²) in [7, 11) is 0. The third kappa shape index (κ3) is 4.03. The third-order valence-corrected chi connectivity index (χ3v) is 12.1. The highest BCUT2D eigenvalue weighted by atomic mass is 16.3. The fraction of sp³-hybridized carbons (Fsp3) is 0.0189. The molecule has 2 aliphatic carbocycles. The minimum absolute atomic E-state index is 0.465. The lowest BCUT2D eigenvalue weighted by Gasteiger charge is -2.32. The van der Waals surface area contributed by atoms with E-state index in [0.29, 0.717) is 0 Å². The monoisotopic (exact) mass is 699 g/mol. The fourth-order valence-electron chi connectivity index (χ4n) is 10.00. The first-order chi connectivity index (χ1) is 27.3. The Kier molecular flexibility index (Phi) is 6.29. The highest BCUT2D eigenvalue weighted by molar-refractivity contribution is 6.23. The van der Waals surface area contributed by atoms with Gasteiger partial charge in [0.15, 0.2) is 0 Å². The van der Waals surface area contributed by atoms with Crippen LogP contribution in [0.5, 0.6) is 0 Å². The van der Waals surface area contributed by atoms with Crippen LogP contribution in [0.15, 0.2) is 205 Å². The molecule has 1 spiro atoms. The van der Waals surface area contributed by atoms with Gasteiger partial charge in [0.2, 0.25) is 0 Å². The minimum atomic E-state index is -0.465. The number of hydrogen-bond acceptors (Lipinski definition) is 2. The molecule has 0 saturated heterocycles. The molecule has 0 bridgehead atoms. The van der Waals surface area contributed by atoms with Crippen molar-refractivity contribution in [2.75, 3.05) is 4.90 Å². The van der Waals surface area contributed by atoms with Gasteiger partial charge >= 0.3 is 0 Å². The maximum absolute atomic E-state index is 6.92. The molecule has 1 aromatic heterocycles. The van der Waals surface area contributed by atoms with E-state index in [4.69, 9.17) is 4.42 Å². The van der Waals surface area contributed by atoms with Crippen LogP contribution >= 0.6 is 0 Å². The van der Waals surface area contributed by atoms with Crippen molar-refractivity contribution in [3.8, 4) is 33.4 Å². The van der Waals surface area contributed by atoms with Crippen LogP contribution in [0.4, 0.5) is 17.1 Å². The lowest BCUT2D eigenvalue weighted by Crippen LogP contribution is -2.26. The molecule has 1 heterocycles. The minimum Gasteiger partial charge on any atom is -0.455 e. The standard InChI is InChI=1S/C53H33NO/c1-3-17-34(18-4-1)54(35-19-5-2-6-20-35)48-31-16-32-49-50(48)44-33-43(36-21-7-8-25-42(36)52(44)55-49)41-27-15-26-40-39-24-11-14-30-47(39)53(51(40)41)45-28-12-9-22-37(45)38-23-10-13-29-46(38)53/h1-33H. The largest absolute Gasteiger partial charge is 0.455 e. The zero-order valence-corrected chi connectivity index (χ0v) is 29.9. The Morgan fingerprint density at radius 1 is 0.364 bits per heavy atom. The highest BCUT2D eigenvalue weighted by Gasteiger charge is 2.52. The molecular formula is C53H33NO. The SMILES string of the molecule is c1ccc(N(c2ccccc2)c2cccc3oc4c5ccccc5c(-c5cccc6c5C5(c7ccccc7-c7ccccc75)c5ccccc5-6)cc4c23)cc1. The van der Waals surface area contributed by atoms with Crippen molar-refractivity contribution in [2.24, 2.45) is 0 Å². The molecule has 0 fully saturated rings. The van der Waals surface area contributed by atoms with E-state index < -0.39 is 5.41 Å². The molecule has 2 heteroatoms. The summed E-state index contributed by atoms with van der Waals surface area (Å²) in [6, 6.07) is 73.0. The van der Waals surface area contributed by atoms with Crippen molar-refractivity contribution in [3.63, 3.8) is 0 Å². The number of hydrogen-bond donors (Lipinski definition) is 0.